The number of ether oxygens (including phenoxy) is 1. The van der Waals surface area contributed by atoms with Gasteiger partial charge in [-0.2, -0.15) is 0 Å². The first-order chi connectivity index (χ1) is 7.27. The Bertz CT molecular complexity index is 268. The van der Waals surface area contributed by atoms with E-state index in [9.17, 15) is 0 Å². The molecule has 0 bridgehead atoms. The van der Waals surface area contributed by atoms with E-state index in [4.69, 9.17) is 4.74 Å². The average Bonchev–Trinajstić information content (AvgIpc) is 2.27. The summed E-state index contributed by atoms with van der Waals surface area (Å²) >= 11 is 0. The highest BCUT2D eigenvalue weighted by molar-refractivity contribution is 5.24. The zero-order chi connectivity index (χ0) is 11.1. The van der Waals surface area contributed by atoms with Gasteiger partial charge in [0.2, 0.25) is 0 Å². The molecule has 0 aliphatic heterocycles. The first-order valence-electron chi connectivity index (χ1n) is 5.59. The maximum Gasteiger partial charge on any atom is 0.0716 e. The van der Waals surface area contributed by atoms with Crippen LogP contribution in [0, 0.1) is 0 Å². The third-order valence-electron chi connectivity index (χ3n) is 2.53. The predicted octanol–water partition coefficient (Wildman–Crippen LogP) is 2.55. The van der Waals surface area contributed by atoms with Crippen molar-refractivity contribution in [3.05, 3.63) is 35.4 Å². The van der Waals surface area contributed by atoms with Gasteiger partial charge in [-0.15, -0.1) is 0 Å². The van der Waals surface area contributed by atoms with E-state index < -0.39 is 0 Å². The zero-order valence-corrected chi connectivity index (χ0v) is 9.92. The van der Waals surface area contributed by atoms with Crippen LogP contribution in [0.1, 0.15) is 30.9 Å². The van der Waals surface area contributed by atoms with Crippen LogP contribution in [0.25, 0.3) is 0 Å². The second-order valence-electron chi connectivity index (χ2n) is 3.84. The van der Waals surface area contributed by atoms with Crippen molar-refractivity contribution in [2.24, 2.45) is 0 Å². The second kappa shape index (κ2) is 6.59. The van der Waals surface area contributed by atoms with E-state index in [0.29, 0.717) is 5.92 Å². The molecular formula is C13H21NO. The van der Waals surface area contributed by atoms with Crippen LogP contribution in [0.2, 0.25) is 0 Å². The summed E-state index contributed by atoms with van der Waals surface area (Å²) in [7, 11) is 1.99. The molecule has 1 unspecified atom stereocenters. The van der Waals surface area contributed by atoms with E-state index in [2.05, 4.69) is 36.5 Å². The van der Waals surface area contributed by atoms with Crippen molar-refractivity contribution in [2.75, 3.05) is 20.2 Å². The second-order valence-corrected chi connectivity index (χ2v) is 3.84. The molecule has 0 saturated heterocycles. The Balaban J connectivity index is 2.55. The van der Waals surface area contributed by atoms with Crippen molar-refractivity contribution >= 4 is 0 Å². The van der Waals surface area contributed by atoms with Gasteiger partial charge >= 0.3 is 0 Å². The Hall–Kier alpha value is -0.860. The Kier molecular flexibility index (Phi) is 5.37. The molecule has 1 rings (SSSR count). The van der Waals surface area contributed by atoms with Gasteiger partial charge in [-0.05, 0) is 31.0 Å². The maximum absolute atomic E-state index is 5.36. The summed E-state index contributed by atoms with van der Waals surface area (Å²) in [5, 5.41) is 3.19. The molecule has 0 saturated carbocycles. The molecular weight excluding hydrogens is 186 g/mol. The van der Waals surface area contributed by atoms with E-state index in [1.165, 1.54) is 11.1 Å². The molecule has 2 heteroatoms. The van der Waals surface area contributed by atoms with Crippen molar-refractivity contribution in [1.82, 2.24) is 5.32 Å². The largest absolute Gasteiger partial charge is 0.377 e. The van der Waals surface area contributed by atoms with Crippen LogP contribution in [0.3, 0.4) is 0 Å². The zero-order valence-electron chi connectivity index (χ0n) is 9.92. The summed E-state index contributed by atoms with van der Waals surface area (Å²) in [5.74, 6) is 0.566. The number of rotatable bonds is 6. The van der Waals surface area contributed by atoms with E-state index in [1.807, 2.05) is 14.0 Å². The fourth-order valence-electron chi connectivity index (χ4n) is 1.59. The summed E-state index contributed by atoms with van der Waals surface area (Å²) in [6.45, 7) is 6.76. The van der Waals surface area contributed by atoms with Gasteiger partial charge in [-0.25, -0.2) is 0 Å². The first-order valence-corrected chi connectivity index (χ1v) is 5.59. The molecule has 0 fully saturated rings. The van der Waals surface area contributed by atoms with E-state index in [-0.39, 0.29) is 0 Å². The molecule has 1 atom stereocenters. The van der Waals surface area contributed by atoms with Gasteiger partial charge in [0.1, 0.15) is 0 Å². The number of hydrogen-bond donors (Lipinski definition) is 1. The van der Waals surface area contributed by atoms with Gasteiger partial charge in [0.25, 0.3) is 0 Å². The van der Waals surface area contributed by atoms with Crippen molar-refractivity contribution in [3.63, 3.8) is 0 Å². The number of benzene rings is 1. The molecule has 1 aromatic carbocycles. The lowest BCUT2D eigenvalue weighted by Crippen LogP contribution is -2.14. The highest BCUT2D eigenvalue weighted by Gasteiger charge is 2.03. The first kappa shape index (κ1) is 12.2. The molecule has 0 heterocycles. The quantitative estimate of drug-likeness (QED) is 0.774. The summed E-state index contributed by atoms with van der Waals surface area (Å²) in [6.07, 6.45) is 0. The highest BCUT2D eigenvalue weighted by atomic mass is 16.5. The molecule has 1 N–H and O–H groups in total. The van der Waals surface area contributed by atoms with Crippen LogP contribution in [-0.4, -0.2) is 20.2 Å². The van der Waals surface area contributed by atoms with Gasteiger partial charge in [0.15, 0.2) is 0 Å². The van der Waals surface area contributed by atoms with Crippen molar-refractivity contribution < 1.29 is 4.74 Å². The smallest absolute Gasteiger partial charge is 0.0716 e. The van der Waals surface area contributed by atoms with Crippen molar-refractivity contribution in [3.8, 4) is 0 Å². The molecule has 2 nitrogen and oxygen atoms in total. The lowest BCUT2D eigenvalue weighted by Gasteiger charge is -2.11. The third kappa shape index (κ3) is 4.02. The summed E-state index contributed by atoms with van der Waals surface area (Å²) < 4.78 is 5.36. The minimum absolute atomic E-state index is 0.566. The SMILES string of the molecule is CCOCc1ccc(C(C)CNC)cc1. The normalized spacial score (nSPS) is 12.7. The lowest BCUT2D eigenvalue weighted by atomic mass is 10.00. The van der Waals surface area contributed by atoms with Crippen LogP contribution in [0.5, 0.6) is 0 Å². The van der Waals surface area contributed by atoms with Crippen LogP contribution in [-0.2, 0) is 11.3 Å². The Labute approximate surface area is 92.6 Å². The predicted molar refractivity (Wildman–Crippen MR) is 64.1 cm³/mol. The molecule has 84 valence electrons. The monoisotopic (exact) mass is 207 g/mol. The minimum atomic E-state index is 0.566. The minimum Gasteiger partial charge on any atom is -0.377 e. The fourth-order valence-corrected chi connectivity index (χ4v) is 1.59. The summed E-state index contributed by atoms with van der Waals surface area (Å²) in [4.78, 5) is 0. The Morgan fingerprint density at radius 3 is 2.47 bits per heavy atom. The third-order valence-corrected chi connectivity index (χ3v) is 2.53. The summed E-state index contributed by atoms with van der Waals surface area (Å²) in [6, 6.07) is 8.68. The molecule has 0 aliphatic rings. The van der Waals surface area contributed by atoms with Gasteiger partial charge in [-0.3, -0.25) is 0 Å². The molecule has 0 spiro atoms. The molecule has 15 heavy (non-hydrogen) atoms. The van der Waals surface area contributed by atoms with Crippen LogP contribution in [0.4, 0.5) is 0 Å². The Morgan fingerprint density at radius 2 is 1.93 bits per heavy atom. The van der Waals surface area contributed by atoms with Crippen LogP contribution in [0.15, 0.2) is 24.3 Å². The van der Waals surface area contributed by atoms with Crippen molar-refractivity contribution in [1.29, 1.82) is 0 Å². The molecule has 0 aliphatic carbocycles. The molecule has 0 radical (unpaired) electrons. The lowest BCUT2D eigenvalue weighted by molar-refractivity contribution is 0.134. The van der Waals surface area contributed by atoms with E-state index >= 15 is 0 Å². The maximum atomic E-state index is 5.36. The van der Waals surface area contributed by atoms with Gasteiger partial charge in [-0.1, -0.05) is 31.2 Å². The topological polar surface area (TPSA) is 21.3 Å². The molecule has 0 aromatic heterocycles. The number of hydrogen-bond acceptors (Lipinski definition) is 2. The van der Waals surface area contributed by atoms with Crippen LogP contribution < -0.4 is 5.32 Å². The van der Waals surface area contributed by atoms with Crippen LogP contribution >= 0.6 is 0 Å². The standard InChI is InChI=1S/C13H21NO/c1-4-15-10-12-5-7-13(8-6-12)11(2)9-14-3/h5-8,11,14H,4,9-10H2,1-3H3. The van der Waals surface area contributed by atoms with Gasteiger partial charge in [0, 0.05) is 13.2 Å². The number of likely N-dealkylation sites (N-methyl/N-ethyl adjacent to an activating group) is 1. The summed E-state index contributed by atoms with van der Waals surface area (Å²) in [5.41, 5.74) is 2.63. The van der Waals surface area contributed by atoms with E-state index in [0.717, 1.165) is 19.8 Å². The van der Waals surface area contributed by atoms with Crippen molar-refractivity contribution in [2.45, 2.75) is 26.4 Å². The fraction of sp³-hybridized carbons (Fsp3) is 0.538. The molecule has 1 aromatic rings. The highest BCUT2D eigenvalue weighted by Crippen LogP contribution is 2.15. The average molecular weight is 207 g/mol. The molecule has 0 amide bonds. The van der Waals surface area contributed by atoms with Gasteiger partial charge < -0.3 is 10.1 Å². The Morgan fingerprint density at radius 1 is 1.27 bits per heavy atom. The number of nitrogens with one attached hydrogen (secondary N) is 1. The van der Waals surface area contributed by atoms with E-state index in [1.54, 1.807) is 0 Å². The van der Waals surface area contributed by atoms with Gasteiger partial charge in [0.05, 0.1) is 6.61 Å².